The fraction of sp³-hybridized carbons (Fsp3) is 0.542. The second-order valence-corrected chi connectivity index (χ2v) is 9.29. The lowest BCUT2D eigenvalue weighted by Gasteiger charge is -2.37. The Bertz CT molecular complexity index is 981. The van der Waals surface area contributed by atoms with Gasteiger partial charge in [0.15, 0.2) is 0 Å². The molecule has 166 valence electrons. The van der Waals surface area contributed by atoms with E-state index in [2.05, 4.69) is 11.9 Å². The number of nitrogens with zero attached hydrogens (tertiary/aromatic N) is 2. The number of carbonyl (C=O) groups is 1. The molecule has 1 aliphatic carbocycles. The normalized spacial score (nSPS) is 23.5. The fourth-order valence-corrected chi connectivity index (χ4v) is 4.91. The Morgan fingerprint density at radius 1 is 1.23 bits per heavy atom. The Kier molecular flexibility index (Phi) is 6.77. The number of hydrogen-bond acceptors (Lipinski definition) is 4. The second-order valence-electron chi connectivity index (χ2n) is 8.85. The quantitative estimate of drug-likeness (QED) is 0.722. The molecule has 1 atom stereocenters. The number of carbonyl (C=O) groups excluding carboxylic acids is 1. The summed E-state index contributed by atoms with van der Waals surface area (Å²) in [4.78, 5) is 35.9. The number of benzene rings is 1. The van der Waals surface area contributed by atoms with Gasteiger partial charge in [-0.25, -0.2) is 4.98 Å². The monoisotopic (exact) mass is 443 g/mol. The van der Waals surface area contributed by atoms with Gasteiger partial charge in [-0.15, -0.1) is 0 Å². The number of H-pyrrole nitrogens is 1. The number of amides is 1. The highest BCUT2D eigenvalue weighted by Gasteiger charge is 2.35. The number of unbranched alkanes of at least 4 members (excludes halogenated alkanes) is 1. The molecule has 6 nitrogen and oxygen atoms in total. The first-order chi connectivity index (χ1) is 15.0. The van der Waals surface area contributed by atoms with Gasteiger partial charge in [0.2, 0.25) is 5.91 Å². The third-order valence-corrected chi connectivity index (χ3v) is 6.86. The van der Waals surface area contributed by atoms with E-state index in [1.54, 1.807) is 12.1 Å². The number of aliphatic hydroxyl groups is 1. The third-order valence-electron chi connectivity index (χ3n) is 6.61. The fourth-order valence-electron chi connectivity index (χ4n) is 4.79. The lowest BCUT2D eigenvalue weighted by atomic mass is 9.85. The largest absolute Gasteiger partial charge is 0.393 e. The smallest absolute Gasteiger partial charge is 0.256 e. The Labute approximate surface area is 187 Å². The van der Waals surface area contributed by atoms with E-state index < -0.39 is 0 Å². The van der Waals surface area contributed by atoms with Crippen LogP contribution in [0.5, 0.6) is 0 Å². The molecule has 7 heteroatoms. The van der Waals surface area contributed by atoms with E-state index in [1.807, 2.05) is 17.0 Å². The molecule has 2 aliphatic rings. The van der Waals surface area contributed by atoms with Gasteiger partial charge in [0.25, 0.3) is 5.56 Å². The maximum atomic E-state index is 13.2. The first kappa shape index (κ1) is 22.0. The van der Waals surface area contributed by atoms with Gasteiger partial charge in [-0.3, -0.25) is 9.59 Å². The van der Waals surface area contributed by atoms with Crippen LogP contribution in [-0.2, 0) is 11.3 Å². The molecule has 2 aromatic rings. The summed E-state index contributed by atoms with van der Waals surface area (Å²) >= 11 is 6.00. The van der Waals surface area contributed by atoms with Crippen LogP contribution in [0.3, 0.4) is 0 Å². The molecular formula is C24H30ClN3O3. The predicted octanol–water partition coefficient (Wildman–Crippen LogP) is 4.26. The number of hydrogen-bond donors (Lipinski definition) is 2. The minimum atomic E-state index is -0.290. The average molecular weight is 444 g/mol. The molecule has 2 heterocycles. The first-order valence-corrected chi connectivity index (χ1v) is 11.7. The van der Waals surface area contributed by atoms with Crippen molar-refractivity contribution in [2.45, 2.75) is 70.4 Å². The molecule has 31 heavy (non-hydrogen) atoms. The summed E-state index contributed by atoms with van der Waals surface area (Å²) in [5.74, 6) is 0.649. The van der Waals surface area contributed by atoms with E-state index in [0.29, 0.717) is 55.2 Å². The highest BCUT2D eigenvalue weighted by molar-refractivity contribution is 6.30. The molecule has 0 saturated heterocycles. The van der Waals surface area contributed by atoms with Crippen LogP contribution >= 0.6 is 11.6 Å². The third kappa shape index (κ3) is 4.85. The summed E-state index contributed by atoms with van der Waals surface area (Å²) in [5.41, 5.74) is 2.07. The lowest BCUT2D eigenvalue weighted by Crippen LogP contribution is -2.45. The molecule has 1 fully saturated rings. The summed E-state index contributed by atoms with van der Waals surface area (Å²) < 4.78 is 0. The summed E-state index contributed by atoms with van der Waals surface area (Å²) in [6.45, 7) is 3.05. The standard InChI is InChI=1S/C24H30ClN3O3/c1-2-3-4-17-13-28(24(31)16-7-11-19(29)12-8-16)14-20-21(17)26-22(27-23(20)30)15-5-9-18(25)10-6-15/h5-6,9-10,16-17,19,29H,2-4,7-8,11-14H2,1H3,(H,26,27,30). The van der Waals surface area contributed by atoms with Crippen LogP contribution in [-0.4, -0.2) is 38.5 Å². The number of fused-ring (bicyclic) bond motifs is 1. The number of rotatable bonds is 5. The zero-order valence-corrected chi connectivity index (χ0v) is 18.7. The van der Waals surface area contributed by atoms with Gasteiger partial charge in [-0.05, 0) is 56.4 Å². The number of aliphatic hydroxyl groups excluding tert-OH is 1. The number of halogens is 1. The summed E-state index contributed by atoms with van der Waals surface area (Å²) in [6.07, 6.45) is 5.45. The lowest BCUT2D eigenvalue weighted by molar-refractivity contribution is -0.138. The van der Waals surface area contributed by atoms with Crippen LogP contribution in [0.15, 0.2) is 29.1 Å². The van der Waals surface area contributed by atoms with Crippen molar-refractivity contribution in [3.63, 3.8) is 0 Å². The van der Waals surface area contributed by atoms with Gasteiger partial charge in [0, 0.05) is 29.0 Å². The van der Waals surface area contributed by atoms with Gasteiger partial charge < -0.3 is 15.0 Å². The van der Waals surface area contributed by atoms with E-state index in [4.69, 9.17) is 16.6 Å². The highest BCUT2D eigenvalue weighted by Crippen LogP contribution is 2.33. The van der Waals surface area contributed by atoms with Gasteiger partial charge in [-0.1, -0.05) is 31.4 Å². The van der Waals surface area contributed by atoms with Gasteiger partial charge in [-0.2, -0.15) is 0 Å². The van der Waals surface area contributed by atoms with Crippen molar-refractivity contribution in [1.82, 2.24) is 14.9 Å². The SMILES string of the molecule is CCCCC1CN(C(=O)C2CCC(O)CC2)Cc2c1nc(-c1ccc(Cl)cc1)[nH]c2=O. The minimum absolute atomic E-state index is 0.0511. The summed E-state index contributed by atoms with van der Waals surface area (Å²) in [5, 5.41) is 10.4. The molecule has 1 unspecified atom stereocenters. The first-order valence-electron chi connectivity index (χ1n) is 11.3. The number of aromatic nitrogens is 2. The second kappa shape index (κ2) is 9.53. The molecule has 1 aromatic carbocycles. The molecule has 0 bridgehead atoms. The van der Waals surface area contributed by atoms with Crippen LogP contribution in [0.4, 0.5) is 0 Å². The Morgan fingerprint density at radius 3 is 2.61 bits per heavy atom. The van der Waals surface area contributed by atoms with Gasteiger partial charge in [0.05, 0.1) is 23.9 Å². The molecule has 0 spiro atoms. The topological polar surface area (TPSA) is 86.3 Å². The van der Waals surface area contributed by atoms with Crippen molar-refractivity contribution in [2.24, 2.45) is 5.92 Å². The molecular weight excluding hydrogens is 414 g/mol. The van der Waals surface area contributed by atoms with Gasteiger partial charge in [0.1, 0.15) is 5.82 Å². The summed E-state index contributed by atoms with van der Waals surface area (Å²) in [6, 6.07) is 7.27. The Hall–Kier alpha value is -2.18. The molecule has 0 radical (unpaired) electrons. The van der Waals surface area contributed by atoms with Crippen molar-refractivity contribution in [2.75, 3.05) is 6.54 Å². The molecule has 4 rings (SSSR count). The molecule has 1 aromatic heterocycles. The van der Waals surface area contributed by atoms with Crippen molar-refractivity contribution >= 4 is 17.5 Å². The zero-order valence-electron chi connectivity index (χ0n) is 17.9. The van der Waals surface area contributed by atoms with Crippen LogP contribution < -0.4 is 5.56 Å². The number of aromatic amines is 1. The molecule has 2 N–H and O–H groups in total. The molecule has 1 amide bonds. The van der Waals surface area contributed by atoms with Crippen LogP contribution in [0.2, 0.25) is 5.02 Å². The predicted molar refractivity (Wildman–Crippen MR) is 121 cm³/mol. The zero-order chi connectivity index (χ0) is 22.0. The van der Waals surface area contributed by atoms with Crippen molar-refractivity contribution in [3.8, 4) is 11.4 Å². The van der Waals surface area contributed by atoms with Crippen molar-refractivity contribution < 1.29 is 9.90 Å². The minimum Gasteiger partial charge on any atom is -0.393 e. The highest BCUT2D eigenvalue weighted by atomic mass is 35.5. The van der Waals surface area contributed by atoms with Crippen LogP contribution in [0.1, 0.15) is 69.0 Å². The van der Waals surface area contributed by atoms with E-state index in [9.17, 15) is 14.7 Å². The van der Waals surface area contributed by atoms with E-state index in [0.717, 1.165) is 30.5 Å². The maximum absolute atomic E-state index is 13.2. The average Bonchev–Trinajstić information content (AvgIpc) is 2.78. The van der Waals surface area contributed by atoms with Crippen molar-refractivity contribution in [3.05, 3.63) is 50.9 Å². The van der Waals surface area contributed by atoms with Gasteiger partial charge >= 0.3 is 0 Å². The van der Waals surface area contributed by atoms with Crippen LogP contribution in [0.25, 0.3) is 11.4 Å². The summed E-state index contributed by atoms with van der Waals surface area (Å²) in [7, 11) is 0. The van der Waals surface area contributed by atoms with E-state index in [1.165, 1.54) is 0 Å². The van der Waals surface area contributed by atoms with E-state index >= 15 is 0 Å². The molecule has 1 aliphatic heterocycles. The maximum Gasteiger partial charge on any atom is 0.256 e. The van der Waals surface area contributed by atoms with Crippen LogP contribution in [0, 0.1) is 5.92 Å². The Balaban J connectivity index is 1.64. The molecule has 1 saturated carbocycles. The Morgan fingerprint density at radius 2 is 1.94 bits per heavy atom. The van der Waals surface area contributed by atoms with Crippen molar-refractivity contribution in [1.29, 1.82) is 0 Å². The van der Waals surface area contributed by atoms with E-state index in [-0.39, 0.29) is 29.4 Å². The number of nitrogens with one attached hydrogen (secondary N) is 1.